The number of amides is 2. The molecule has 8 heteroatoms. The van der Waals surface area contributed by atoms with Crippen LogP contribution >= 0.6 is 0 Å². The van der Waals surface area contributed by atoms with Crippen LogP contribution in [0.5, 0.6) is 0 Å². The molecule has 0 spiro atoms. The standard InChI is InChI=1S/C17H22FN3O4/c1-10-7-20(9-16(10)23)15-4-3-12(5-14(15)18)21-8-13(25-17(21)24)6-19-11(2)22/h3-5,10,13,16,23H,6-9H2,1-2H3,(H,19,22). The van der Waals surface area contributed by atoms with Gasteiger partial charge in [-0.05, 0) is 18.2 Å². The van der Waals surface area contributed by atoms with Gasteiger partial charge in [0.05, 0.1) is 30.6 Å². The highest BCUT2D eigenvalue weighted by Gasteiger charge is 2.34. The number of hydrogen-bond donors (Lipinski definition) is 2. The second-order valence-corrected chi connectivity index (χ2v) is 6.64. The summed E-state index contributed by atoms with van der Waals surface area (Å²) < 4.78 is 19.7. The average Bonchev–Trinajstić information content (AvgIpc) is 3.08. The summed E-state index contributed by atoms with van der Waals surface area (Å²) in [5, 5.41) is 12.4. The zero-order valence-corrected chi connectivity index (χ0v) is 14.2. The van der Waals surface area contributed by atoms with E-state index in [2.05, 4.69) is 5.32 Å². The van der Waals surface area contributed by atoms with Crippen molar-refractivity contribution in [2.45, 2.75) is 26.1 Å². The summed E-state index contributed by atoms with van der Waals surface area (Å²) in [5.74, 6) is -0.564. The molecule has 3 rings (SSSR count). The number of anilines is 2. The minimum absolute atomic E-state index is 0.0853. The Hall–Kier alpha value is -2.35. The van der Waals surface area contributed by atoms with Crippen LogP contribution in [-0.4, -0.2) is 55.5 Å². The van der Waals surface area contributed by atoms with Crippen LogP contribution in [0.15, 0.2) is 18.2 Å². The minimum Gasteiger partial charge on any atom is -0.442 e. The third kappa shape index (κ3) is 3.68. The highest BCUT2D eigenvalue weighted by molar-refractivity contribution is 5.90. The van der Waals surface area contributed by atoms with Crippen LogP contribution in [0.1, 0.15) is 13.8 Å². The fourth-order valence-electron chi connectivity index (χ4n) is 3.16. The van der Waals surface area contributed by atoms with Gasteiger partial charge < -0.3 is 20.1 Å². The minimum atomic E-state index is -0.562. The lowest BCUT2D eigenvalue weighted by atomic mass is 10.1. The molecule has 2 N–H and O–H groups in total. The Morgan fingerprint density at radius 1 is 1.40 bits per heavy atom. The zero-order chi connectivity index (χ0) is 18.1. The second-order valence-electron chi connectivity index (χ2n) is 6.64. The molecule has 3 atom stereocenters. The van der Waals surface area contributed by atoms with E-state index in [1.54, 1.807) is 17.0 Å². The maximum atomic E-state index is 14.5. The normalized spacial score (nSPS) is 26.1. The highest BCUT2D eigenvalue weighted by Crippen LogP contribution is 2.30. The van der Waals surface area contributed by atoms with E-state index >= 15 is 0 Å². The van der Waals surface area contributed by atoms with Gasteiger partial charge in [-0.2, -0.15) is 0 Å². The number of rotatable bonds is 4. The summed E-state index contributed by atoms with van der Waals surface area (Å²) in [6.45, 7) is 4.76. The van der Waals surface area contributed by atoms with Crippen molar-refractivity contribution in [3.63, 3.8) is 0 Å². The second kappa shape index (κ2) is 6.87. The van der Waals surface area contributed by atoms with E-state index in [-0.39, 0.29) is 24.9 Å². The largest absolute Gasteiger partial charge is 0.442 e. The number of ether oxygens (including phenoxy) is 1. The van der Waals surface area contributed by atoms with Crippen LogP contribution < -0.4 is 15.1 Å². The van der Waals surface area contributed by atoms with E-state index in [9.17, 15) is 19.1 Å². The lowest BCUT2D eigenvalue weighted by Gasteiger charge is -2.20. The number of carbonyl (C=O) groups is 2. The van der Waals surface area contributed by atoms with Gasteiger partial charge in [0.25, 0.3) is 0 Å². The fourth-order valence-corrected chi connectivity index (χ4v) is 3.16. The summed E-state index contributed by atoms with van der Waals surface area (Å²) >= 11 is 0. The fraction of sp³-hybridized carbons (Fsp3) is 0.529. The molecule has 0 radical (unpaired) electrons. The molecule has 2 heterocycles. The van der Waals surface area contributed by atoms with Crippen molar-refractivity contribution >= 4 is 23.4 Å². The van der Waals surface area contributed by atoms with Crippen LogP contribution in [0.2, 0.25) is 0 Å². The molecule has 0 aromatic heterocycles. The van der Waals surface area contributed by atoms with Gasteiger partial charge in [-0.25, -0.2) is 9.18 Å². The molecule has 2 aliphatic heterocycles. The van der Waals surface area contributed by atoms with Crippen LogP contribution in [0.3, 0.4) is 0 Å². The summed E-state index contributed by atoms with van der Waals surface area (Å²) in [4.78, 5) is 26.1. The summed E-state index contributed by atoms with van der Waals surface area (Å²) in [5.41, 5.74) is 0.818. The van der Waals surface area contributed by atoms with Crippen molar-refractivity contribution in [3.8, 4) is 0 Å². The van der Waals surface area contributed by atoms with Crippen molar-refractivity contribution in [2.75, 3.05) is 36.0 Å². The maximum absolute atomic E-state index is 14.5. The zero-order valence-electron chi connectivity index (χ0n) is 14.2. The van der Waals surface area contributed by atoms with Gasteiger partial charge in [0, 0.05) is 25.9 Å². The summed E-state index contributed by atoms with van der Waals surface area (Å²) in [7, 11) is 0. The Morgan fingerprint density at radius 3 is 2.76 bits per heavy atom. The van der Waals surface area contributed by atoms with Gasteiger partial charge in [0.15, 0.2) is 0 Å². The first-order chi connectivity index (χ1) is 11.8. The van der Waals surface area contributed by atoms with Gasteiger partial charge in [-0.1, -0.05) is 6.92 Å². The summed E-state index contributed by atoms with van der Waals surface area (Å²) in [6, 6.07) is 4.58. The Balaban J connectivity index is 1.70. The monoisotopic (exact) mass is 351 g/mol. The van der Waals surface area contributed by atoms with Crippen molar-refractivity contribution in [3.05, 3.63) is 24.0 Å². The number of halogens is 1. The number of aliphatic hydroxyl groups is 1. The Kier molecular flexibility index (Phi) is 4.80. The molecule has 7 nitrogen and oxygen atoms in total. The van der Waals surface area contributed by atoms with Crippen LogP contribution in [0.25, 0.3) is 0 Å². The number of hydrogen-bond acceptors (Lipinski definition) is 5. The molecule has 1 aromatic rings. The number of cyclic esters (lactones) is 1. The first-order valence-corrected chi connectivity index (χ1v) is 8.30. The lowest BCUT2D eigenvalue weighted by Crippen LogP contribution is -2.33. The van der Waals surface area contributed by atoms with Crippen LogP contribution in [0.4, 0.5) is 20.6 Å². The predicted molar refractivity (Wildman–Crippen MR) is 90.1 cm³/mol. The van der Waals surface area contributed by atoms with E-state index in [0.717, 1.165) is 0 Å². The van der Waals surface area contributed by atoms with Crippen molar-refractivity contribution in [1.82, 2.24) is 5.32 Å². The molecule has 2 saturated heterocycles. The molecule has 0 saturated carbocycles. The molecule has 0 aliphatic carbocycles. The lowest BCUT2D eigenvalue weighted by molar-refractivity contribution is -0.119. The molecule has 1 aromatic carbocycles. The quantitative estimate of drug-likeness (QED) is 0.849. The van der Waals surface area contributed by atoms with Gasteiger partial charge >= 0.3 is 6.09 Å². The van der Waals surface area contributed by atoms with E-state index in [0.29, 0.717) is 24.5 Å². The molecule has 2 aliphatic rings. The van der Waals surface area contributed by atoms with Gasteiger partial charge in [0.1, 0.15) is 11.9 Å². The number of benzene rings is 1. The van der Waals surface area contributed by atoms with E-state index in [1.165, 1.54) is 17.9 Å². The molecule has 2 amide bonds. The van der Waals surface area contributed by atoms with Crippen molar-refractivity contribution in [2.24, 2.45) is 5.92 Å². The third-order valence-electron chi connectivity index (χ3n) is 4.61. The van der Waals surface area contributed by atoms with E-state index in [1.807, 2.05) is 6.92 Å². The first kappa shape index (κ1) is 17.5. The average molecular weight is 351 g/mol. The number of β-amino-alcohol motifs (C(OH)–C–C–N with tert-alkyl or cyclic N) is 1. The van der Waals surface area contributed by atoms with Crippen LogP contribution in [0, 0.1) is 11.7 Å². The Labute approximate surface area is 145 Å². The molecule has 2 fully saturated rings. The van der Waals surface area contributed by atoms with Crippen LogP contribution in [-0.2, 0) is 9.53 Å². The van der Waals surface area contributed by atoms with Gasteiger partial charge in [0.2, 0.25) is 5.91 Å². The highest BCUT2D eigenvalue weighted by atomic mass is 19.1. The Bertz CT molecular complexity index is 674. The third-order valence-corrected chi connectivity index (χ3v) is 4.61. The van der Waals surface area contributed by atoms with Gasteiger partial charge in [-0.15, -0.1) is 0 Å². The van der Waals surface area contributed by atoms with Crippen molar-refractivity contribution in [1.29, 1.82) is 0 Å². The molecular weight excluding hydrogens is 329 g/mol. The molecule has 3 unspecified atom stereocenters. The molecule has 136 valence electrons. The number of nitrogens with zero attached hydrogens (tertiary/aromatic N) is 2. The van der Waals surface area contributed by atoms with E-state index < -0.39 is 24.1 Å². The predicted octanol–water partition coefficient (Wildman–Crippen LogP) is 1.10. The molecule has 25 heavy (non-hydrogen) atoms. The maximum Gasteiger partial charge on any atom is 0.414 e. The molecular formula is C17H22FN3O4. The topological polar surface area (TPSA) is 82.1 Å². The van der Waals surface area contributed by atoms with Gasteiger partial charge in [-0.3, -0.25) is 9.69 Å². The number of nitrogens with one attached hydrogen (secondary N) is 1. The number of carbonyl (C=O) groups excluding carboxylic acids is 2. The Morgan fingerprint density at radius 2 is 2.16 bits per heavy atom. The first-order valence-electron chi connectivity index (χ1n) is 8.30. The van der Waals surface area contributed by atoms with Crippen molar-refractivity contribution < 1.29 is 23.8 Å². The van der Waals surface area contributed by atoms with E-state index in [4.69, 9.17) is 4.74 Å². The number of aliphatic hydroxyl groups excluding tert-OH is 1. The SMILES string of the molecule is CC(=O)NCC1CN(c2ccc(N3CC(C)C(O)C3)c(F)c2)C(=O)O1. The summed E-state index contributed by atoms with van der Waals surface area (Å²) in [6.07, 6.45) is -1.50. The molecule has 0 bridgehead atoms. The smallest absolute Gasteiger partial charge is 0.414 e.